The molecule has 0 spiro atoms. The molecule has 0 radical (unpaired) electrons. The van der Waals surface area contributed by atoms with Gasteiger partial charge in [0.1, 0.15) is 0 Å². The molecule has 0 aromatic carbocycles. The second kappa shape index (κ2) is 8.77. The lowest BCUT2D eigenvalue weighted by atomic mass is 10.3. The van der Waals surface area contributed by atoms with Crippen LogP contribution in [0.4, 0.5) is 5.95 Å². The highest BCUT2D eigenvalue weighted by molar-refractivity contribution is 6.30. The first kappa shape index (κ1) is 17.6. The molecule has 0 aliphatic carbocycles. The number of piperazine rings is 1. The summed E-state index contributed by atoms with van der Waals surface area (Å²) >= 11 is 5.81. The molecule has 1 saturated heterocycles. The fourth-order valence-electron chi connectivity index (χ4n) is 2.75. The summed E-state index contributed by atoms with van der Waals surface area (Å²) in [4.78, 5) is 24.9. The van der Waals surface area contributed by atoms with Crippen LogP contribution < -0.4 is 10.2 Å². The number of nitrogens with one attached hydrogen (secondary N) is 1. The van der Waals surface area contributed by atoms with E-state index in [1.54, 1.807) is 29.5 Å². The summed E-state index contributed by atoms with van der Waals surface area (Å²) in [5, 5.41) is 7.69. The Hall–Kier alpha value is -2.19. The first-order valence-corrected chi connectivity index (χ1v) is 8.77. The zero-order valence-electron chi connectivity index (χ0n) is 14.0. The third-order valence-electron chi connectivity index (χ3n) is 4.06. The number of amides is 1. The van der Waals surface area contributed by atoms with Crippen molar-refractivity contribution in [3.8, 4) is 0 Å². The van der Waals surface area contributed by atoms with Crippen LogP contribution in [0.5, 0.6) is 0 Å². The van der Waals surface area contributed by atoms with Gasteiger partial charge in [0.05, 0.1) is 17.8 Å². The van der Waals surface area contributed by atoms with Crippen molar-refractivity contribution in [2.24, 2.45) is 0 Å². The average Bonchev–Trinajstić information content (AvgIpc) is 3.05. The van der Waals surface area contributed by atoms with Crippen LogP contribution in [-0.4, -0.2) is 69.8 Å². The van der Waals surface area contributed by atoms with Gasteiger partial charge in [-0.25, -0.2) is 9.97 Å². The summed E-state index contributed by atoms with van der Waals surface area (Å²) in [5.41, 5.74) is 0. The van der Waals surface area contributed by atoms with Gasteiger partial charge in [0.25, 0.3) is 0 Å². The minimum absolute atomic E-state index is 0.0582. The Morgan fingerprint density at radius 1 is 1.20 bits per heavy atom. The van der Waals surface area contributed by atoms with Gasteiger partial charge in [0, 0.05) is 57.9 Å². The lowest BCUT2D eigenvalue weighted by Crippen LogP contribution is -2.50. The standard InChI is InChI=1S/C16H22ClN7O/c17-14-11-21-24(12-14)6-2-5-18-15(25)13-22-7-9-23(10-8-22)16-19-3-1-4-20-16/h1,3-4,11-12H,2,5-10,13H2,(H,18,25). The number of rotatable bonds is 7. The number of aryl methyl sites for hydroxylation is 1. The van der Waals surface area contributed by atoms with Crippen molar-refractivity contribution in [1.29, 1.82) is 0 Å². The van der Waals surface area contributed by atoms with Gasteiger partial charge in [0.15, 0.2) is 0 Å². The third-order valence-corrected chi connectivity index (χ3v) is 4.26. The molecule has 1 fully saturated rings. The monoisotopic (exact) mass is 363 g/mol. The molecule has 1 aliphatic heterocycles. The van der Waals surface area contributed by atoms with Gasteiger partial charge in [-0.1, -0.05) is 11.6 Å². The lowest BCUT2D eigenvalue weighted by Gasteiger charge is -2.34. The lowest BCUT2D eigenvalue weighted by molar-refractivity contribution is -0.122. The van der Waals surface area contributed by atoms with Gasteiger partial charge in [0.2, 0.25) is 11.9 Å². The molecular weight excluding hydrogens is 342 g/mol. The molecular formula is C16H22ClN7O. The van der Waals surface area contributed by atoms with Gasteiger partial charge in [-0.15, -0.1) is 0 Å². The van der Waals surface area contributed by atoms with E-state index in [4.69, 9.17) is 11.6 Å². The molecule has 0 unspecified atom stereocenters. The van der Waals surface area contributed by atoms with Gasteiger partial charge < -0.3 is 10.2 Å². The number of anilines is 1. The number of nitrogens with zero attached hydrogens (tertiary/aromatic N) is 6. The number of hydrogen-bond donors (Lipinski definition) is 1. The van der Waals surface area contributed by atoms with E-state index in [1.807, 2.05) is 6.07 Å². The largest absolute Gasteiger partial charge is 0.355 e. The number of aromatic nitrogens is 4. The first-order valence-electron chi connectivity index (χ1n) is 8.40. The van der Waals surface area contributed by atoms with E-state index < -0.39 is 0 Å². The summed E-state index contributed by atoms with van der Waals surface area (Å²) in [6.07, 6.45) is 7.71. The molecule has 0 saturated carbocycles. The van der Waals surface area contributed by atoms with Crippen LogP contribution in [0, 0.1) is 0 Å². The zero-order chi connectivity index (χ0) is 17.5. The predicted molar refractivity (Wildman–Crippen MR) is 95.5 cm³/mol. The maximum Gasteiger partial charge on any atom is 0.234 e. The van der Waals surface area contributed by atoms with E-state index in [-0.39, 0.29) is 5.91 Å². The van der Waals surface area contributed by atoms with Crippen LogP contribution in [0.3, 0.4) is 0 Å². The van der Waals surface area contributed by atoms with Gasteiger partial charge in [-0.05, 0) is 12.5 Å². The van der Waals surface area contributed by atoms with Crippen molar-refractivity contribution >= 4 is 23.5 Å². The Labute approximate surface area is 151 Å². The molecule has 1 amide bonds. The molecule has 2 aromatic heterocycles. The maximum absolute atomic E-state index is 12.0. The molecule has 3 rings (SSSR count). The van der Waals surface area contributed by atoms with Crippen LogP contribution in [0.25, 0.3) is 0 Å². The number of halogens is 1. The fourth-order valence-corrected chi connectivity index (χ4v) is 2.91. The van der Waals surface area contributed by atoms with Crippen molar-refractivity contribution in [2.45, 2.75) is 13.0 Å². The second-order valence-electron chi connectivity index (χ2n) is 5.94. The van der Waals surface area contributed by atoms with Crippen LogP contribution in [0.1, 0.15) is 6.42 Å². The smallest absolute Gasteiger partial charge is 0.234 e. The molecule has 1 N–H and O–H groups in total. The normalized spacial score (nSPS) is 15.3. The van der Waals surface area contributed by atoms with Crippen molar-refractivity contribution in [1.82, 2.24) is 30.0 Å². The van der Waals surface area contributed by atoms with Crippen molar-refractivity contribution in [3.63, 3.8) is 0 Å². The molecule has 0 bridgehead atoms. The quantitative estimate of drug-likeness (QED) is 0.728. The minimum atomic E-state index is 0.0582. The van der Waals surface area contributed by atoms with Crippen molar-refractivity contribution in [2.75, 3.05) is 44.2 Å². The summed E-state index contributed by atoms with van der Waals surface area (Å²) < 4.78 is 1.78. The average molecular weight is 364 g/mol. The predicted octanol–water partition coefficient (Wildman–Crippen LogP) is 0.655. The van der Waals surface area contributed by atoms with Crippen molar-refractivity contribution < 1.29 is 4.79 Å². The van der Waals surface area contributed by atoms with Crippen molar-refractivity contribution in [3.05, 3.63) is 35.9 Å². The number of hydrogen-bond acceptors (Lipinski definition) is 6. The molecule has 2 aromatic rings. The third kappa shape index (κ3) is 5.40. The maximum atomic E-state index is 12.0. The Balaban J connectivity index is 1.31. The van der Waals surface area contributed by atoms with E-state index >= 15 is 0 Å². The Morgan fingerprint density at radius 3 is 2.64 bits per heavy atom. The minimum Gasteiger partial charge on any atom is -0.355 e. The van der Waals surface area contributed by atoms with E-state index in [2.05, 4.69) is 30.2 Å². The van der Waals surface area contributed by atoms with Gasteiger partial charge in [-0.2, -0.15) is 5.10 Å². The molecule has 9 heteroatoms. The molecule has 8 nitrogen and oxygen atoms in total. The molecule has 25 heavy (non-hydrogen) atoms. The van der Waals surface area contributed by atoms with E-state index in [0.29, 0.717) is 18.1 Å². The summed E-state index contributed by atoms with van der Waals surface area (Å²) in [7, 11) is 0. The Kier molecular flexibility index (Phi) is 6.19. The highest BCUT2D eigenvalue weighted by Gasteiger charge is 2.20. The Bertz CT molecular complexity index is 670. The molecule has 0 atom stereocenters. The summed E-state index contributed by atoms with van der Waals surface area (Å²) in [6, 6.07) is 1.81. The number of carbonyl (C=O) groups excluding carboxylic acids is 1. The summed E-state index contributed by atoms with van der Waals surface area (Å²) in [5.74, 6) is 0.813. The van der Waals surface area contributed by atoms with Gasteiger partial charge in [-0.3, -0.25) is 14.4 Å². The topological polar surface area (TPSA) is 79.2 Å². The molecule has 134 valence electrons. The van der Waals surface area contributed by atoms with Crippen LogP contribution in [0.2, 0.25) is 5.02 Å². The number of carbonyl (C=O) groups is 1. The van der Waals surface area contributed by atoms with Crippen LogP contribution in [-0.2, 0) is 11.3 Å². The molecule has 1 aliphatic rings. The SMILES string of the molecule is O=C(CN1CCN(c2ncccn2)CC1)NCCCn1cc(Cl)cn1. The first-order chi connectivity index (χ1) is 12.2. The van der Waals surface area contributed by atoms with E-state index in [9.17, 15) is 4.79 Å². The molecule has 3 heterocycles. The van der Waals surface area contributed by atoms with Crippen LogP contribution in [0.15, 0.2) is 30.9 Å². The van der Waals surface area contributed by atoms with Gasteiger partial charge >= 0.3 is 0 Å². The highest BCUT2D eigenvalue weighted by atomic mass is 35.5. The Morgan fingerprint density at radius 2 is 1.96 bits per heavy atom. The zero-order valence-corrected chi connectivity index (χ0v) is 14.8. The summed E-state index contributed by atoms with van der Waals surface area (Å²) in [6.45, 7) is 5.12. The second-order valence-corrected chi connectivity index (χ2v) is 6.37. The highest BCUT2D eigenvalue weighted by Crippen LogP contribution is 2.09. The van der Waals surface area contributed by atoms with Crippen LogP contribution >= 0.6 is 11.6 Å². The fraction of sp³-hybridized carbons (Fsp3) is 0.500. The van der Waals surface area contributed by atoms with E-state index in [0.717, 1.165) is 45.1 Å². The van der Waals surface area contributed by atoms with E-state index in [1.165, 1.54) is 0 Å².